The van der Waals surface area contributed by atoms with Crippen LogP contribution in [0.15, 0.2) is 42.5 Å². The maximum atomic E-state index is 13.5. The van der Waals surface area contributed by atoms with E-state index in [1.165, 1.54) is 38.3 Å². The highest BCUT2D eigenvalue weighted by molar-refractivity contribution is 5.93. The van der Waals surface area contributed by atoms with E-state index in [9.17, 15) is 18.7 Å². The molecule has 3 aromatic rings. The zero-order valence-corrected chi connectivity index (χ0v) is 14.0. The first-order chi connectivity index (χ1) is 12.4. The highest BCUT2D eigenvalue weighted by Crippen LogP contribution is 2.32. The second kappa shape index (κ2) is 6.99. The third-order valence-corrected chi connectivity index (χ3v) is 3.90. The molecule has 136 valence electrons. The molecular weight excluding hydrogens is 346 g/mol. The summed E-state index contributed by atoms with van der Waals surface area (Å²) in [4.78, 5) is 16.5. The number of carbonyl (C=O) groups excluding carboxylic acids is 1. The Bertz CT molecular complexity index is 956. The Balaban J connectivity index is 1.93. The van der Waals surface area contributed by atoms with Crippen LogP contribution in [-0.2, 0) is 4.74 Å². The van der Waals surface area contributed by atoms with Crippen LogP contribution in [0.5, 0.6) is 11.5 Å². The Morgan fingerprint density at radius 1 is 1.19 bits per heavy atom. The number of hydrogen-bond donors (Lipinski definition) is 1. The third kappa shape index (κ3) is 3.05. The smallest absolute Gasteiger partial charge is 0.342 e. The van der Waals surface area contributed by atoms with Crippen LogP contribution in [0.3, 0.4) is 0 Å². The van der Waals surface area contributed by atoms with Crippen molar-refractivity contribution in [2.75, 3.05) is 7.11 Å². The number of ether oxygens (including phenoxy) is 2. The lowest BCUT2D eigenvalue weighted by Crippen LogP contribution is -2.15. The summed E-state index contributed by atoms with van der Waals surface area (Å²) in [6.45, 7) is -1.40. The number of imidazole rings is 1. The molecule has 0 aliphatic heterocycles. The first-order valence-corrected chi connectivity index (χ1v) is 7.76. The highest BCUT2D eigenvalue weighted by atomic mass is 19.3. The Morgan fingerprint density at radius 2 is 1.92 bits per heavy atom. The van der Waals surface area contributed by atoms with Gasteiger partial charge < -0.3 is 14.6 Å². The highest BCUT2D eigenvalue weighted by Gasteiger charge is 2.26. The number of benzene rings is 2. The van der Waals surface area contributed by atoms with Crippen molar-refractivity contribution in [3.63, 3.8) is 0 Å². The van der Waals surface area contributed by atoms with Gasteiger partial charge in [0, 0.05) is 0 Å². The van der Waals surface area contributed by atoms with Crippen LogP contribution in [0.25, 0.3) is 11.0 Å². The fourth-order valence-corrected chi connectivity index (χ4v) is 2.68. The average Bonchev–Trinajstić information content (AvgIpc) is 3.01. The molecule has 0 spiro atoms. The topological polar surface area (TPSA) is 73.6 Å². The van der Waals surface area contributed by atoms with E-state index in [0.29, 0.717) is 5.52 Å². The summed E-state index contributed by atoms with van der Waals surface area (Å²) in [6, 6.07) is 10.8. The average molecular weight is 362 g/mol. The van der Waals surface area contributed by atoms with Crippen molar-refractivity contribution in [1.29, 1.82) is 0 Å². The molecule has 8 heteroatoms. The lowest BCUT2D eigenvalue weighted by Gasteiger charge is -2.16. The van der Waals surface area contributed by atoms with Gasteiger partial charge in [0.1, 0.15) is 5.56 Å². The standard InChI is InChI=1S/C18H16F2N2O4/c1-10(26-17(24)11-6-5-9-14(25-2)15(11)23)16-21-12-7-3-4-8-13(12)22(16)18(19)20/h3-10,18,23H,1-2H3/t10-/m1/s1. The largest absolute Gasteiger partial charge is 0.504 e. The van der Waals surface area contributed by atoms with Gasteiger partial charge in [-0.05, 0) is 31.2 Å². The molecule has 0 saturated heterocycles. The number of aromatic nitrogens is 2. The Kier molecular flexibility index (Phi) is 4.75. The van der Waals surface area contributed by atoms with Crippen LogP contribution in [0.2, 0.25) is 0 Å². The van der Waals surface area contributed by atoms with Crippen LogP contribution >= 0.6 is 0 Å². The van der Waals surface area contributed by atoms with Gasteiger partial charge >= 0.3 is 12.5 Å². The SMILES string of the molecule is COc1cccc(C(=O)O[C@H](C)c2nc3ccccc3n2C(F)F)c1O. The van der Waals surface area contributed by atoms with Crippen LogP contribution in [0.4, 0.5) is 8.78 Å². The monoisotopic (exact) mass is 362 g/mol. The van der Waals surface area contributed by atoms with E-state index in [0.717, 1.165) is 4.57 Å². The number of halogens is 2. The number of fused-ring (bicyclic) bond motifs is 1. The van der Waals surface area contributed by atoms with Crippen molar-refractivity contribution in [2.45, 2.75) is 19.6 Å². The minimum absolute atomic E-state index is 0.0862. The van der Waals surface area contributed by atoms with Crippen LogP contribution in [0, 0.1) is 0 Å². The normalized spacial score (nSPS) is 12.3. The number of phenols is 1. The summed E-state index contributed by atoms with van der Waals surface area (Å²) >= 11 is 0. The molecule has 1 N–H and O–H groups in total. The summed E-state index contributed by atoms with van der Waals surface area (Å²) < 4.78 is 37.9. The molecule has 0 radical (unpaired) electrons. The van der Waals surface area contributed by atoms with E-state index in [-0.39, 0.29) is 28.4 Å². The molecule has 1 heterocycles. The van der Waals surface area contributed by atoms with Gasteiger partial charge in [-0.15, -0.1) is 0 Å². The molecule has 6 nitrogen and oxygen atoms in total. The predicted molar refractivity (Wildman–Crippen MR) is 89.5 cm³/mol. The molecule has 0 aliphatic rings. The van der Waals surface area contributed by atoms with Crippen LogP contribution in [0.1, 0.15) is 35.8 Å². The fraction of sp³-hybridized carbons (Fsp3) is 0.222. The number of methoxy groups -OCH3 is 1. The summed E-state index contributed by atoms with van der Waals surface area (Å²) in [5.41, 5.74) is 0.482. The van der Waals surface area contributed by atoms with Gasteiger partial charge in [0.2, 0.25) is 0 Å². The molecule has 3 rings (SSSR count). The van der Waals surface area contributed by atoms with E-state index in [2.05, 4.69) is 4.98 Å². The van der Waals surface area contributed by atoms with Gasteiger partial charge in [0.25, 0.3) is 0 Å². The summed E-state index contributed by atoms with van der Waals surface area (Å²) in [5.74, 6) is -1.24. The molecule has 0 amide bonds. The van der Waals surface area contributed by atoms with Gasteiger partial charge in [-0.3, -0.25) is 4.57 Å². The Morgan fingerprint density at radius 3 is 2.62 bits per heavy atom. The second-order valence-corrected chi connectivity index (χ2v) is 5.51. The lowest BCUT2D eigenvalue weighted by atomic mass is 10.2. The molecule has 0 aliphatic carbocycles. The van der Waals surface area contributed by atoms with Crippen LogP contribution in [-0.4, -0.2) is 27.7 Å². The minimum Gasteiger partial charge on any atom is -0.504 e. The minimum atomic E-state index is -2.84. The van der Waals surface area contributed by atoms with E-state index in [1.807, 2.05) is 0 Å². The number of phenolic OH excluding ortho intramolecular Hbond substituents is 1. The molecule has 1 aromatic heterocycles. The first-order valence-electron chi connectivity index (χ1n) is 7.76. The van der Waals surface area contributed by atoms with Crippen LogP contribution < -0.4 is 4.74 Å². The predicted octanol–water partition coefficient (Wildman–Crippen LogP) is 4.06. The number of para-hydroxylation sites is 3. The summed E-state index contributed by atoms with van der Waals surface area (Å²) in [6.07, 6.45) is -1.06. The molecule has 2 aromatic carbocycles. The fourth-order valence-electron chi connectivity index (χ4n) is 2.68. The van der Waals surface area contributed by atoms with E-state index < -0.39 is 18.6 Å². The molecule has 26 heavy (non-hydrogen) atoms. The number of carbonyl (C=O) groups is 1. The third-order valence-electron chi connectivity index (χ3n) is 3.90. The van der Waals surface area contributed by atoms with E-state index in [4.69, 9.17) is 9.47 Å². The number of aromatic hydroxyl groups is 1. The number of rotatable bonds is 5. The Hall–Kier alpha value is -3.16. The number of nitrogens with zero attached hydrogens (tertiary/aromatic N) is 2. The molecular formula is C18H16F2N2O4. The Labute approximate surface area is 147 Å². The molecule has 0 saturated carbocycles. The molecule has 0 unspecified atom stereocenters. The quantitative estimate of drug-likeness (QED) is 0.693. The van der Waals surface area contributed by atoms with Gasteiger partial charge in [-0.25, -0.2) is 9.78 Å². The van der Waals surface area contributed by atoms with Gasteiger partial charge in [-0.1, -0.05) is 18.2 Å². The zero-order chi connectivity index (χ0) is 18.8. The first kappa shape index (κ1) is 17.7. The van der Waals surface area contributed by atoms with Crippen molar-refractivity contribution in [3.8, 4) is 11.5 Å². The summed E-state index contributed by atoms with van der Waals surface area (Å²) in [7, 11) is 1.35. The zero-order valence-electron chi connectivity index (χ0n) is 14.0. The van der Waals surface area contributed by atoms with Crippen molar-refractivity contribution >= 4 is 17.0 Å². The second-order valence-electron chi connectivity index (χ2n) is 5.51. The number of alkyl halides is 2. The van der Waals surface area contributed by atoms with Gasteiger partial charge in [-0.2, -0.15) is 8.78 Å². The number of hydrogen-bond acceptors (Lipinski definition) is 5. The van der Waals surface area contributed by atoms with E-state index in [1.54, 1.807) is 18.2 Å². The van der Waals surface area contributed by atoms with Gasteiger partial charge in [0.05, 0.1) is 18.1 Å². The maximum Gasteiger partial charge on any atom is 0.342 e. The lowest BCUT2D eigenvalue weighted by molar-refractivity contribution is 0.0230. The molecule has 1 atom stereocenters. The summed E-state index contributed by atoms with van der Waals surface area (Å²) in [5, 5.41) is 10.0. The van der Waals surface area contributed by atoms with Gasteiger partial charge in [0.15, 0.2) is 23.4 Å². The molecule has 0 bridgehead atoms. The van der Waals surface area contributed by atoms with E-state index >= 15 is 0 Å². The van der Waals surface area contributed by atoms with Crippen molar-refractivity contribution in [2.24, 2.45) is 0 Å². The van der Waals surface area contributed by atoms with Crippen molar-refractivity contribution in [3.05, 3.63) is 53.9 Å². The molecule has 0 fully saturated rings. The van der Waals surface area contributed by atoms with Crippen molar-refractivity contribution < 1.29 is 28.2 Å². The number of esters is 1. The maximum absolute atomic E-state index is 13.5. The van der Waals surface area contributed by atoms with Crippen molar-refractivity contribution in [1.82, 2.24) is 9.55 Å².